The van der Waals surface area contributed by atoms with Crippen LogP contribution in [0.4, 0.5) is 10.1 Å². The second-order valence-electron chi connectivity index (χ2n) is 6.47. The third-order valence-electron chi connectivity index (χ3n) is 4.44. The minimum atomic E-state index is -3.79. The van der Waals surface area contributed by atoms with Crippen molar-refractivity contribution >= 4 is 27.9 Å². The van der Waals surface area contributed by atoms with Gasteiger partial charge in [-0.25, -0.2) is 12.8 Å². The van der Waals surface area contributed by atoms with Crippen LogP contribution in [0.3, 0.4) is 0 Å². The summed E-state index contributed by atoms with van der Waals surface area (Å²) < 4.78 is 56.3. The van der Waals surface area contributed by atoms with E-state index in [1.165, 1.54) is 12.1 Å². The highest BCUT2D eigenvalue weighted by Crippen LogP contribution is 2.38. The minimum absolute atomic E-state index is 0.0136. The highest BCUT2D eigenvalue weighted by molar-refractivity contribution is 7.92. The van der Waals surface area contributed by atoms with Gasteiger partial charge in [-0.1, -0.05) is 24.3 Å². The summed E-state index contributed by atoms with van der Waals surface area (Å²) in [7, 11) is 0.853. The van der Waals surface area contributed by atoms with Gasteiger partial charge in [-0.2, -0.15) is 0 Å². The fourth-order valence-corrected chi connectivity index (χ4v) is 3.94. The topological polar surface area (TPSA) is 73.9 Å². The Hall–Kier alpha value is -3.52. The van der Waals surface area contributed by atoms with Crippen LogP contribution in [0.15, 0.2) is 65.6 Å². The Morgan fingerprint density at radius 2 is 1.32 bits per heavy atom. The average Bonchev–Trinajstić information content (AvgIpc) is 2.77. The van der Waals surface area contributed by atoms with Crippen LogP contribution in [0, 0.1) is 5.82 Å². The molecule has 0 bridgehead atoms. The molecule has 8 heteroatoms. The van der Waals surface area contributed by atoms with Crippen molar-refractivity contribution in [2.45, 2.75) is 4.90 Å². The van der Waals surface area contributed by atoms with Gasteiger partial charge in [-0.15, -0.1) is 0 Å². The Bertz CT molecular complexity index is 1150. The summed E-state index contributed by atoms with van der Waals surface area (Å²) in [4.78, 5) is -0.0136. The molecule has 0 aromatic heterocycles. The molecule has 3 aromatic rings. The molecule has 0 spiro atoms. The second-order valence-corrected chi connectivity index (χ2v) is 8.16. The first-order valence-corrected chi connectivity index (χ1v) is 10.7. The lowest BCUT2D eigenvalue weighted by Gasteiger charge is -2.12. The zero-order chi connectivity index (χ0) is 22.4. The summed E-state index contributed by atoms with van der Waals surface area (Å²) in [6.07, 6.45) is 3.75. The molecule has 6 nitrogen and oxygen atoms in total. The third-order valence-corrected chi connectivity index (χ3v) is 5.84. The molecule has 162 valence electrons. The maximum absolute atomic E-state index is 13.0. The van der Waals surface area contributed by atoms with Gasteiger partial charge >= 0.3 is 0 Å². The number of benzene rings is 3. The number of halogens is 1. The van der Waals surface area contributed by atoms with Crippen LogP contribution >= 0.6 is 0 Å². The lowest BCUT2D eigenvalue weighted by molar-refractivity contribution is 0.324. The number of nitrogens with one attached hydrogen (secondary N) is 1. The van der Waals surface area contributed by atoms with Crippen molar-refractivity contribution < 1.29 is 27.0 Å². The van der Waals surface area contributed by atoms with Crippen molar-refractivity contribution in [2.75, 3.05) is 26.1 Å². The van der Waals surface area contributed by atoms with Gasteiger partial charge in [0.05, 0.1) is 26.2 Å². The van der Waals surface area contributed by atoms with E-state index in [1.807, 2.05) is 24.3 Å². The van der Waals surface area contributed by atoms with Crippen molar-refractivity contribution in [3.05, 3.63) is 77.6 Å². The number of methoxy groups -OCH3 is 3. The van der Waals surface area contributed by atoms with E-state index in [0.717, 1.165) is 23.3 Å². The van der Waals surface area contributed by atoms with Gasteiger partial charge < -0.3 is 14.2 Å². The highest BCUT2D eigenvalue weighted by atomic mass is 32.2. The molecule has 0 heterocycles. The maximum Gasteiger partial charge on any atom is 0.261 e. The largest absolute Gasteiger partial charge is 0.493 e. The summed E-state index contributed by atoms with van der Waals surface area (Å²) in [6, 6.07) is 15.1. The predicted octanol–water partition coefficient (Wildman–Crippen LogP) is 4.82. The molecule has 0 saturated heterocycles. The number of hydrogen-bond donors (Lipinski definition) is 1. The van der Waals surface area contributed by atoms with Gasteiger partial charge in [0.1, 0.15) is 5.82 Å². The Morgan fingerprint density at radius 1 is 0.774 bits per heavy atom. The summed E-state index contributed by atoms with van der Waals surface area (Å²) in [5.41, 5.74) is 2.10. The molecular weight excluding hydrogens is 421 g/mol. The standard InChI is InChI=1S/C23H22FNO5S/c1-28-21-14-17(15-22(29-2)23(21)30-3)5-4-16-6-10-19(11-7-16)25-31(26,27)20-12-8-18(24)9-13-20/h4-15,25H,1-3H3/b5-4-. The van der Waals surface area contributed by atoms with E-state index in [2.05, 4.69) is 4.72 Å². The van der Waals surface area contributed by atoms with Gasteiger partial charge in [0, 0.05) is 5.69 Å². The molecule has 0 saturated carbocycles. The van der Waals surface area contributed by atoms with Crippen LogP contribution in [0.1, 0.15) is 11.1 Å². The van der Waals surface area contributed by atoms with E-state index in [1.54, 1.807) is 45.6 Å². The molecule has 0 radical (unpaired) electrons. The van der Waals surface area contributed by atoms with E-state index in [4.69, 9.17) is 14.2 Å². The van der Waals surface area contributed by atoms with Crippen LogP contribution in [-0.2, 0) is 10.0 Å². The quantitative estimate of drug-likeness (QED) is 0.505. The number of hydrogen-bond acceptors (Lipinski definition) is 5. The first kappa shape index (κ1) is 22.2. The number of sulfonamides is 1. The van der Waals surface area contributed by atoms with Gasteiger partial charge in [0.25, 0.3) is 10.0 Å². The SMILES string of the molecule is COc1cc(/C=C\c2ccc(NS(=O)(=O)c3ccc(F)cc3)cc2)cc(OC)c1OC. The molecule has 0 aliphatic rings. The average molecular weight is 443 g/mol. The van der Waals surface area contributed by atoms with E-state index in [9.17, 15) is 12.8 Å². The van der Waals surface area contributed by atoms with Gasteiger partial charge in [0.2, 0.25) is 5.75 Å². The van der Waals surface area contributed by atoms with E-state index in [-0.39, 0.29) is 4.90 Å². The fourth-order valence-electron chi connectivity index (χ4n) is 2.88. The van der Waals surface area contributed by atoms with Crippen molar-refractivity contribution in [3.8, 4) is 17.2 Å². The van der Waals surface area contributed by atoms with Gasteiger partial charge in [-0.05, 0) is 59.7 Å². The molecule has 0 atom stereocenters. The molecule has 31 heavy (non-hydrogen) atoms. The summed E-state index contributed by atoms with van der Waals surface area (Å²) in [5.74, 6) is 1.11. The van der Waals surface area contributed by atoms with Crippen molar-refractivity contribution in [1.82, 2.24) is 0 Å². The molecule has 0 aliphatic carbocycles. The van der Waals surface area contributed by atoms with Crippen LogP contribution in [0.5, 0.6) is 17.2 Å². The summed E-state index contributed by atoms with van der Waals surface area (Å²) >= 11 is 0. The Balaban J connectivity index is 1.76. The van der Waals surface area contributed by atoms with Crippen LogP contribution in [-0.4, -0.2) is 29.7 Å². The molecular formula is C23H22FNO5S. The maximum atomic E-state index is 13.0. The zero-order valence-corrected chi connectivity index (χ0v) is 18.1. The van der Waals surface area contributed by atoms with Crippen LogP contribution < -0.4 is 18.9 Å². The number of anilines is 1. The van der Waals surface area contributed by atoms with Gasteiger partial charge in [-0.3, -0.25) is 4.72 Å². The predicted molar refractivity (Wildman–Crippen MR) is 119 cm³/mol. The number of rotatable bonds is 8. The monoisotopic (exact) mass is 443 g/mol. The van der Waals surface area contributed by atoms with Crippen molar-refractivity contribution in [1.29, 1.82) is 0 Å². The molecule has 0 fully saturated rings. The summed E-state index contributed by atoms with van der Waals surface area (Å²) in [5, 5.41) is 0. The molecule has 1 N–H and O–H groups in total. The fraction of sp³-hybridized carbons (Fsp3) is 0.130. The number of ether oxygens (including phenoxy) is 3. The molecule has 0 aliphatic heterocycles. The first-order chi connectivity index (χ1) is 14.9. The van der Waals surface area contributed by atoms with Crippen molar-refractivity contribution in [3.63, 3.8) is 0 Å². The van der Waals surface area contributed by atoms with Gasteiger partial charge in [0.15, 0.2) is 11.5 Å². The first-order valence-electron chi connectivity index (χ1n) is 9.23. The Labute approximate surface area is 180 Å². The summed E-state index contributed by atoms with van der Waals surface area (Å²) in [6.45, 7) is 0. The Kier molecular flexibility index (Phi) is 6.81. The smallest absolute Gasteiger partial charge is 0.261 e. The van der Waals surface area contributed by atoms with Crippen molar-refractivity contribution in [2.24, 2.45) is 0 Å². The lowest BCUT2D eigenvalue weighted by atomic mass is 10.1. The highest BCUT2D eigenvalue weighted by Gasteiger charge is 2.14. The normalized spacial score (nSPS) is 11.4. The van der Waals surface area contributed by atoms with Crippen LogP contribution in [0.2, 0.25) is 0 Å². The molecule has 3 rings (SSSR count). The zero-order valence-electron chi connectivity index (χ0n) is 17.3. The third kappa shape index (κ3) is 5.35. The minimum Gasteiger partial charge on any atom is -0.493 e. The molecule has 0 unspecified atom stereocenters. The van der Waals surface area contributed by atoms with E-state index in [0.29, 0.717) is 22.9 Å². The Morgan fingerprint density at radius 3 is 1.84 bits per heavy atom. The second kappa shape index (κ2) is 9.53. The van der Waals surface area contributed by atoms with E-state index >= 15 is 0 Å². The lowest BCUT2D eigenvalue weighted by Crippen LogP contribution is -2.12. The van der Waals surface area contributed by atoms with E-state index < -0.39 is 15.8 Å². The molecule has 3 aromatic carbocycles. The van der Waals surface area contributed by atoms with Crippen LogP contribution in [0.25, 0.3) is 12.2 Å². The molecule has 0 amide bonds.